The molecule has 2 aliphatic rings. The summed E-state index contributed by atoms with van der Waals surface area (Å²) in [7, 11) is 0. The van der Waals surface area contributed by atoms with Crippen LogP contribution in [0.15, 0.2) is 54.0 Å². The Morgan fingerprint density at radius 2 is 1.82 bits per heavy atom. The molecule has 1 saturated heterocycles. The van der Waals surface area contributed by atoms with E-state index in [4.69, 9.17) is 58.9 Å². The maximum Gasteiger partial charge on any atom is 0.355 e. The van der Waals surface area contributed by atoms with Gasteiger partial charge in [0, 0.05) is 27.4 Å². The number of rotatable bonds is 14. The monoisotopic (exact) mass is 698 g/mol. The predicted molar refractivity (Wildman–Crippen MR) is 162 cm³/mol. The van der Waals surface area contributed by atoms with E-state index < -0.39 is 29.2 Å². The van der Waals surface area contributed by atoms with Crippen LogP contribution < -0.4 is 14.8 Å². The van der Waals surface area contributed by atoms with Crippen LogP contribution in [-0.4, -0.2) is 98.2 Å². The maximum absolute atomic E-state index is 13.3. The van der Waals surface area contributed by atoms with E-state index in [-0.39, 0.29) is 61.8 Å². The molecular formula is C27H25Cl3N6O8S. The van der Waals surface area contributed by atoms with Crippen molar-refractivity contribution in [2.45, 2.75) is 18.0 Å². The molecule has 3 aromatic rings. The van der Waals surface area contributed by atoms with E-state index in [1.54, 1.807) is 30.3 Å². The molecule has 1 aromatic heterocycles. The lowest BCUT2D eigenvalue weighted by Crippen LogP contribution is -2.71. The van der Waals surface area contributed by atoms with Crippen molar-refractivity contribution in [1.82, 2.24) is 30.4 Å². The zero-order chi connectivity index (χ0) is 31.9. The Bertz CT molecular complexity index is 1590. The lowest BCUT2D eigenvalue weighted by molar-refractivity contribution is -0.153. The number of hydrogen-bond donors (Lipinski definition) is 2. The van der Waals surface area contributed by atoms with E-state index in [1.165, 1.54) is 33.7 Å². The summed E-state index contributed by atoms with van der Waals surface area (Å²) in [5.74, 6) is -0.591. The number of carbonyl (C=O) groups is 3. The van der Waals surface area contributed by atoms with Gasteiger partial charge in [-0.15, -0.1) is 16.9 Å². The third-order valence-corrected chi connectivity index (χ3v) is 8.48. The number of halogens is 3. The van der Waals surface area contributed by atoms with Gasteiger partial charge in [0.15, 0.2) is 11.5 Å². The van der Waals surface area contributed by atoms with Crippen LogP contribution in [0.4, 0.5) is 0 Å². The first-order chi connectivity index (χ1) is 21.7. The van der Waals surface area contributed by atoms with Crippen LogP contribution in [0.1, 0.15) is 0 Å². The summed E-state index contributed by atoms with van der Waals surface area (Å²) in [5, 5.41) is 22.7. The van der Waals surface area contributed by atoms with E-state index in [0.717, 1.165) is 0 Å². The molecule has 3 heterocycles. The Kier molecular flexibility index (Phi) is 11.0. The van der Waals surface area contributed by atoms with Crippen LogP contribution in [0, 0.1) is 0 Å². The number of ether oxygens (including phenoxy) is 4. The molecule has 18 heteroatoms. The first-order valence-corrected chi connectivity index (χ1v) is 15.5. The summed E-state index contributed by atoms with van der Waals surface area (Å²) in [5.41, 5.74) is 0.460. The van der Waals surface area contributed by atoms with Crippen molar-refractivity contribution in [3.8, 4) is 17.2 Å². The molecule has 2 amide bonds. The number of benzene rings is 2. The number of aliphatic hydroxyl groups excluding tert-OH is 1. The van der Waals surface area contributed by atoms with E-state index in [1.807, 2.05) is 0 Å². The highest BCUT2D eigenvalue weighted by Crippen LogP contribution is 2.42. The number of amides is 2. The summed E-state index contributed by atoms with van der Waals surface area (Å²) in [6, 6.07) is 8.64. The quantitative estimate of drug-likeness (QED) is 0.144. The molecule has 1 fully saturated rings. The van der Waals surface area contributed by atoms with Gasteiger partial charge in [-0.05, 0) is 40.8 Å². The zero-order valence-electron chi connectivity index (χ0n) is 23.2. The van der Waals surface area contributed by atoms with Gasteiger partial charge >= 0.3 is 5.97 Å². The predicted octanol–water partition coefficient (Wildman–Crippen LogP) is 2.71. The zero-order valence-corrected chi connectivity index (χ0v) is 26.3. The molecule has 45 heavy (non-hydrogen) atoms. The fraction of sp³-hybridized carbons (Fsp3) is 0.333. The number of aliphatic hydroxyl groups is 1. The fourth-order valence-corrected chi connectivity index (χ4v) is 6.29. The van der Waals surface area contributed by atoms with E-state index >= 15 is 0 Å². The molecule has 238 valence electrons. The summed E-state index contributed by atoms with van der Waals surface area (Å²) in [4.78, 5) is 40.4. The van der Waals surface area contributed by atoms with E-state index in [9.17, 15) is 14.4 Å². The van der Waals surface area contributed by atoms with Crippen LogP contribution in [-0.2, 0) is 30.4 Å². The standard InChI is InChI=1S/C27H25Cl3N6O8S/c28-16-1-3-19(18(30)9-16)44-20-4-2-17(29)10-21(20)43-12-15-13-45-26-23(32-22(38)11-35-14-31-33-34-35)25(39)36(26)24(15)27(40)42-8-7-41-6-5-37/h1-4,9-10,14,23,26,37H,5-8,11-13H2,(H,32,38)/t23-,26?/m1/s1. The Morgan fingerprint density at radius 1 is 1.04 bits per heavy atom. The molecule has 0 aliphatic carbocycles. The van der Waals surface area contributed by atoms with Gasteiger partial charge in [0.2, 0.25) is 5.91 Å². The normalized spacial score (nSPS) is 17.4. The molecular weight excluding hydrogens is 675 g/mol. The lowest BCUT2D eigenvalue weighted by Gasteiger charge is -2.49. The number of nitrogens with one attached hydrogen (secondary N) is 1. The number of nitrogens with zero attached hydrogens (tertiary/aromatic N) is 5. The van der Waals surface area contributed by atoms with Crippen molar-refractivity contribution in [3.05, 3.63) is 69.1 Å². The molecule has 1 unspecified atom stereocenters. The molecule has 0 spiro atoms. The summed E-state index contributed by atoms with van der Waals surface area (Å²) in [6.07, 6.45) is 1.28. The molecule has 2 aliphatic heterocycles. The van der Waals surface area contributed by atoms with Crippen LogP contribution in [0.3, 0.4) is 0 Å². The first kappa shape index (κ1) is 32.8. The number of hydrogen-bond acceptors (Lipinski definition) is 12. The van der Waals surface area contributed by atoms with Crippen molar-refractivity contribution < 1.29 is 38.4 Å². The average Bonchev–Trinajstić information content (AvgIpc) is 3.53. The largest absolute Gasteiger partial charge is 0.485 e. The van der Waals surface area contributed by atoms with Gasteiger partial charge in [-0.1, -0.05) is 34.8 Å². The summed E-state index contributed by atoms with van der Waals surface area (Å²) < 4.78 is 23.8. The first-order valence-electron chi connectivity index (χ1n) is 13.3. The van der Waals surface area contributed by atoms with Crippen LogP contribution in [0.25, 0.3) is 0 Å². The second-order valence-electron chi connectivity index (χ2n) is 9.44. The van der Waals surface area contributed by atoms with Crippen LogP contribution >= 0.6 is 46.6 Å². The highest BCUT2D eigenvalue weighted by Gasteiger charge is 2.54. The number of tetrazole rings is 1. The van der Waals surface area contributed by atoms with Gasteiger partial charge in [0.25, 0.3) is 5.91 Å². The molecule has 0 bridgehead atoms. The average molecular weight is 700 g/mol. The van der Waals surface area contributed by atoms with E-state index in [2.05, 4.69) is 20.8 Å². The maximum atomic E-state index is 13.3. The molecule has 0 saturated carbocycles. The van der Waals surface area contributed by atoms with E-state index in [0.29, 0.717) is 27.1 Å². The van der Waals surface area contributed by atoms with Crippen molar-refractivity contribution >= 4 is 64.3 Å². The van der Waals surface area contributed by atoms with Gasteiger partial charge in [0.1, 0.15) is 48.9 Å². The number of fused-ring (bicyclic) bond motifs is 1. The molecule has 5 rings (SSSR count). The molecule has 14 nitrogen and oxygen atoms in total. The van der Waals surface area contributed by atoms with Crippen molar-refractivity contribution in [3.63, 3.8) is 0 Å². The van der Waals surface area contributed by atoms with Gasteiger partial charge in [-0.2, -0.15) is 0 Å². The Hall–Kier alpha value is -3.60. The minimum absolute atomic E-state index is 0.00197. The number of thioether (sulfide) groups is 1. The minimum Gasteiger partial charge on any atom is -0.485 e. The molecule has 0 radical (unpaired) electrons. The number of aromatic nitrogens is 4. The van der Waals surface area contributed by atoms with Crippen molar-refractivity contribution in [2.75, 3.05) is 38.8 Å². The SMILES string of the molecule is O=C(Cn1cnnn1)N[C@@H]1C(=O)N2C(C(=O)OCCOCCO)=C(COc3cc(Cl)ccc3Oc3ccc(Cl)cc3Cl)CSC12. The molecule has 2 aromatic carbocycles. The Morgan fingerprint density at radius 3 is 2.56 bits per heavy atom. The van der Waals surface area contributed by atoms with Gasteiger partial charge in [0.05, 0.1) is 24.8 Å². The number of esters is 1. The highest BCUT2D eigenvalue weighted by atomic mass is 35.5. The van der Waals surface area contributed by atoms with Crippen molar-refractivity contribution in [2.24, 2.45) is 0 Å². The fourth-order valence-electron chi connectivity index (χ4n) is 4.35. The molecule has 2 N–H and O–H groups in total. The van der Waals surface area contributed by atoms with Crippen molar-refractivity contribution in [1.29, 1.82) is 0 Å². The second kappa shape index (κ2) is 15.1. The summed E-state index contributed by atoms with van der Waals surface area (Å²) >= 11 is 19.9. The number of β-lactam (4-membered cyclic amide) rings is 1. The number of carbonyl (C=O) groups excluding carboxylic acids is 3. The van der Waals surface area contributed by atoms with Crippen LogP contribution in [0.2, 0.25) is 15.1 Å². The minimum atomic E-state index is -0.880. The van der Waals surface area contributed by atoms with Crippen LogP contribution in [0.5, 0.6) is 17.2 Å². The highest BCUT2D eigenvalue weighted by molar-refractivity contribution is 8.00. The van der Waals surface area contributed by atoms with Gasteiger partial charge in [-0.25, -0.2) is 9.48 Å². The topological polar surface area (TPSA) is 167 Å². The summed E-state index contributed by atoms with van der Waals surface area (Å²) in [6.45, 7) is -0.477. The second-order valence-corrected chi connectivity index (χ2v) is 11.8. The Balaban J connectivity index is 1.34. The molecule has 2 atom stereocenters. The lowest BCUT2D eigenvalue weighted by atomic mass is 10.0. The third kappa shape index (κ3) is 7.98. The van der Waals surface area contributed by atoms with Gasteiger partial charge < -0.3 is 29.4 Å². The third-order valence-electron chi connectivity index (χ3n) is 6.37. The Labute approximate surface area is 275 Å². The van der Waals surface area contributed by atoms with Gasteiger partial charge in [-0.3, -0.25) is 14.5 Å². The smallest absolute Gasteiger partial charge is 0.355 e.